The van der Waals surface area contributed by atoms with Crippen LogP contribution in [-0.4, -0.2) is 48.1 Å². The number of nitrogen functional groups attached to an aromatic ring is 1. The minimum absolute atomic E-state index is 0.293. The molecular weight excluding hydrogens is 250 g/mol. The minimum Gasteiger partial charge on any atom is -0.383 e. The summed E-state index contributed by atoms with van der Waals surface area (Å²) in [4.78, 5) is 13.8. The largest absolute Gasteiger partial charge is 0.383 e. The van der Waals surface area contributed by atoms with Crippen LogP contribution in [0.3, 0.4) is 0 Å². The predicted molar refractivity (Wildman–Crippen MR) is 84.1 cm³/mol. The van der Waals surface area contributed by atoms with Crippen molar-refractivity contribution in [2.24, 2.45) is 5.92 Å². The number of aromatic nitrogens is 2. The molecule has 112 valence electrons. The Hall–Kier alpha value is -1.36. The predicted octanol–water partition coefficient (Wildman–Crippen LogP) is 1.88. The van der Waals surface area contributed by atoms with Crippen LogP contribution < -0.4 is 10.6 Å². The molecule has 1 aromatic rings. The maximum atomic E-state index is 6.07. The average molecular weight is 277 g/mol. The van der Waals surface area contributed by atoms with E-state index >= 15 is 0 Å². The Morgan fingerprint density at radius 3 is 2.40 bits per heavy atom. The van der Waals surface area contributed by atoms with Crippen LogP contribution in [0, 0.1) is 12.8 Å². The molecule has 0 spiro atoms. The van der Waals surface area contributed by atoms with E-state index in [0.717, 1.165) is 30.3 Å². The summed E-state index contributed by atoms with van der Waals surface area (Å²) in [5.74, 6) is 3.38. The quantitative estimate of drug-likeness (QED) is 0.914. The second kappa shape index (κ2) is 5.56. The second-order valence-electron chi connectivity index (χ2n) is 6.48. The molecule has 20 heavy (non-hydrogen) atoms. The first-order valence-electron chi connectivity index (χ1n) is 7.36. The maximum absolute atomic E-state index is 6.07. The Kier molecular flexibility index (Phi) is 4.18. The number of nitrogens with zero attached hydrogens (tertiary/aromatic N) is 4. The van der Waals surface area contributed by atoms with Gasteiger partial charge in [0, 0.05) is 30.6 Å². The van der Waals surface area contributed by atoms with Crippen molar-refractivity contribution in [2.45, 2.75) is 39.7 Å². The lowest BCUT2D eigenvalue weighted by atomic mass is 10.1. The van der Waals surface area contributed by atoms with Gasteiger partial charge in [-0.2, -0.15) is 0 Å². The van der Waals surface area contributed by atoms with Crippen molar-refractivity contribution in [3.05, 3.63) is 11.4 Å². The van der Waals surface area contributed by atoms with Gasteiger partial charge in [0.05, 0.1) is 0 Å². The Morgan fingerprint density at radius 2 is 1.90 bits per heavy atom. The Bertz CT molecular complexity index is 483. The van der Waals surface area contributed by atoms with Crippen LogP contribution in [0.5, 0.6) is 0 Å². The van der Waals surface area contributed by atoms with E-state index in [0.29, 0.717) is 23.7 Å². The van der Waals surface area contributed by atoms with Crippen LogP contribution in [0.1, 0.15) is 38.1 Å². The van der Waals surface area contributed by atoms with Crippen LogP contribution in [-0.2, 0) is 0 Å². The fourth-order valence-electron chi connectivity index (χ4n) is 2.90. The molecule has 1 saturated heterocycles. The fraction of sp³-hybridized carbons (Fsp3) is 0.733. The minimum atomic E-state index is 0.293. The van der Waals surface area contributed by atoms with E-state index in [1.807, 2.05) is 6.92 Å². The standard InChI is InChI=1S/C15H27N5/c1-9(2)14-17-13(16)11(4)15(18-14)20-7-10(3)12(8-20)19(5)6/h9-10,12H,7-8H2,1-6H3,(H2,16,17,18). The summed E-state index contributed by atoms with van der Waals surface area (Å²) in [5.41, 5.74) is 7.07. The molecule has 2 heterocycles. The third-order valence-corrected chi connectivity index (χ3v) is 4.23. The zero-order valence-corrected chi connectivity index (χ0v) is 13.5. The molecule has 5 nitrogen and oxygen atoms in total. The highest BCUT2D eigenvalue weighted by atomic mass is 15.3. The maximum Gasteiger partial charge on any atom is 0.137 e. The van der Waals surface area contributed by atoms with Gasteiger partial charge in [0.15, 0.2) is 0 Å². The van der Waals surface area contributed by atoms with Crippen molar-refractivity contribution in [3.8, 4) is 0 Å². The summed E-state index contributed by atoms with van der Waals surface area (Å²) in [7, 11) is 4.29. The SMILES string of the molecule is Cc1c(N)nc(C(C)C)nc1N1CC(C)C(N(C)C)C1. The summed E-state index contributed by atoms with van der Waals surface area (Å²) in [6, 6.07) is 0.563. The summed E-state index contributed by atoms with van der Waals surface area (Å²) in [6.45, 7) is 10.5. The topological polar surface area (TPSA) is 58.3 Å². The highest BCUT2D eigenvalue weighted by Crippen LogP contribution is 2.30. The van der Waals surface area contributed by atoms with Crippen molar-refractivity contribution in [1.29, 1.82) is 0 Å². The molecular formula is C15H27N5. The van der Waals surface area contributed by atoms with Crippen LogP contribution in [0.2, 0.25) is 0 Å². The van der Waals surface area contributed by atoms with E-state index in [1.165, 1.54) is 0 Å². The summed E-state index contributed by atoms with van der Waals surface area (Å²) < 4.78 is 0. The first kappa shape index (κ1) is 15.0. The van der Waals surface area contributed by atoms with Crippen LogP contribution in [0.15, 0.2) is 0 Å². The van der Waals surface area contributed by atoms with Gasteiger partial charge >= 0.3 is 0 Å². The lowest BCUT2D eigenvalue weighted by molar-refractivity contribution is 0.266. The molecule has 0 amide bonds. The molecule has 2 N–H and O–H groups in total. The Labute approximate surface area is 122 Å². The fourth-order valence-corrected chi connectivity index (χ4v) is 2.90. The molecule has 1 fully saturated rings. The van der Waals surface area contributed by atoms with Crippen LogP contribution in [0.25, 0.3) is 0 Å². The van der Waals surface area contributed by atoms with Gasteiger partial charge in [0.25, 0.3) is 0 Å². The van der Waals surface area contributed by atoms with Gasteiger partial charge in [-0.3, -0.25) is 0 Å². The van der Waals surface area contributed by atoms with Crippen molar-refractivity contribution in [2.75, 3.05) is 37.8 Å². The molecule has 2 unspecified atom stereocenters. The monoisotopic (exact) mass is 277 g/mol. The van der Waals surface area contributed by atoms with Crippen molar-refractivity contribution in [3.63, 3.8) is 0 Å². The number of anilines is 2. The van der Waals surface area contributed by atoms with Gasteiger partial charge in [-0.1, -0.05) is 20.8 Å². The van der Waals surface area contributed by atoms with Crippen molar-refractivity contribution in [1.82, 2.24) is 14.9 Å². The normalized spacial score (nSPS) is 23.1. The summed E-state index contributed by atoms with van der Waals surface area (Å²) >= 11 is 0. The summed E-state index contributed by atoms with van der Waals surface area (Å²) in [5, 5.41) is 0. The van der Waals surface area contributed by atoms with Gasteiger partial charge in [0.1, 0.15) is 17.5 Å². The van der Waals surface area contributed by atoms with Crippen LogP contribution in [0.4, 0.5) is 11.6 Å². The number of likely N-dealkylation sites (N-methyl/N-ethyl adjacent to an activating group) is 1. The molecule has 0 bridgehead atoms. The molecule has 1 aromatic heterocycles. The smallest absolute Gasteiger partial charge is 0.137 e. The molecule has 0 aromatic carbocycles. The molecule has 1 aliphatic rings. The summed E-state index contributed by atoms with van der Waals surface area (Å²) in [6.07, 6.45) is 0. The van der Waals surface area contributed by atoms with E-state index in [9.17, 15) is 0 Å². The van der Waals surface area contributed by atoms with E-state index in [4.69, 9.17) is 10.7 Å². The molecule has 2 atom stereocenters. The van der Waals surface area contributed by atoms with Gasteiger partial charge < -0.3 is 15.5 Å². The number of hydrogen-bond acceptors (Lipinski definition) is 5. The van der Waals surface area contributed by atoms with Gasteiger partial charge in [-0.15, -0.1) is 0 Å². The highest BCUT2D eigenvalue weighted by molar-refractivity contribution is 5.57. The van der Waals surface area contributed by atoms with E-state index in [2.05, 4.69) is 49.7 Å². The zero-order chi connectivity index (χ0) is 15.0. The second-order valence-corrected chi connectivity index (χ2v) is 6.48. The molecule has 5 heteroatoms. The van der Waals surface area contributed by atoms with E-state index in [1.54, 1.807) is 0 Å². The van der Waals surface area contributed by atoms with Gasteiger partial charge in [0.2, 0.25) is 0 Å². The van der Waals surface area contributed by atoms with E-state index in [-0.39, 0.29) is 0 Å². The number of hydrogen-bond donors (Lipinski definition) is 1. The molecule has 2 rings (SSSR count). The first-order valence-corrected chi connectivity index (χ1v) is 7.36. The molecule has 0 saturated carbocycles. The lowest BCUT2D eigenvalue weighted by Crippen LogP contribution is -2.34. The molecule has 0 radical (unpaired) electrons. The third kappa shape index (κ3) is 2.73. The molecule has 0 aliphatic carbocycles. The Balaban J connectivity index is 2.34. The third-order valence-electron chi connectivity index (χ3n) is 4.23. The van der Waals surface area contributed by atoms with E-state index < -0.39 is 0 Å². The number of rotatable bonds is 3. The highest BCUT2D eigenvalue weighted by Gasteiger charge is 2.33. The Morgan fingerprint density at radius 1 is 1.25 bits per heavy atom. The van der Waals surface area contributed by atoms with Crippen molar-refractivity contribution >= 4 is 11.6 Å². The average Bonchev–Trinajstić information content (AvgIpc) is 2.74. The van der Waals surface area contributed by atoms with Gasteiger partial charge in [-0.25, -0.2) is 9.97 Å². The first-order chi connectivity index (χ1) is 9.31. The molecule has 1 aliphatic heterocycles. The number of nitrogens with two attached hydrogens (primary N) is 1. The van der Waals surface area contributed by atoms with Gasteiger partial charge in [-0.05, 0) is 26.9 Å². The zero-order valence-electron chi connectivity index (χ0n) is 13.5. The van der Waals surface area contributed by atoms with Crippen molar-refractivity contribution < 1.29 is 0 Å². The lowest BCUT2D eigenvalue weighted by Gasteiger charge is -2.24. The van der Waals surface area contributed by atoms with Crippen LogP contribution >= 0.6 is 0 Å².